The van der Waals surface area contributed by atoms with Crippen molar-refractivity contribution in [1.29, 1.82) is 0 Å². The molecule has 1 saturated heterocycles. The van der Waals surface area contributed by atoms with E-state index in [0.717, 1.165) is 92.9 Å². The molecule has 0 atom stereocenters. The molecule has 1 aliphatic rings. The first-order chi connectivity index (χ1) is 21.5. The number of pyridine rings is 1. The number of rotatable bonds is 7. The fraction of sp³-hybridized carbons (Fsp3) is 0.194. The van der Waals surface area contributed by atoms with Crippen LogP contribution >= 0.6 is 11.3 Å². The Hall–Kier alpha value is -4.95. The molecule has 7 nitrogen and oxygen atoms in total. The second kappa shape index (κ2) is 11.6. The molecule has 6 aromatic rings. The number of aromatic nitrogens is 2. The molecular weight excluding hydrogens is 570 g/mol. The van der Waals surface area contributed by atoms with E-state index in [4.69, 9.17) is 9.72 Å². The lowest BCUT2D eigenvalue weighted by Crippen LogP contribution is -2.37. The molecule has 1 N–H and O–H groups in total. The van der Waals surface area contributed by atoms with Gasteiger partial charge in [-0.1, -0.05) is 54.6 Å². The van der Waals surface area contributed by atoms with Gasteiger partial charge in [-0.25, -0.2) is 9.78 Å². The number of fused-ring (bicyclic) bond motifs is 2. The Bertz CT molecular complexity index is 2020. The van der Waals surface area contributed by atoms with E-state index in [0.29, 0.717) is 0 Å². The molecule has 44 heavy (non-hydrogen) atoms. The highest BCUT2D eigenvalue weighted by Gasteiger charge is 2.27. The van der Waals surface area contributed by atoms with E-state index in [1.807, 2.05) is 76.2 Å². The van der Waals surface area contributed by atoms with Gasteiger partial charge in [-0.3, -0.25) is 4.79 Å². The van der Waals surface area contributed by atoms with Crippen molar-refractivity contribution in [3.63, 3.8) is 0 Å². The van der Waals surface area contributed by atoms with Crippen LogP contribution < -0.4 is 4.74 Å². The third kappa shape index (κ3) is 5.11. The van der Waals surface area contributed by atoms with Crippen molar-refractivity contribution < 1.29 is 19.4 Å². The Kier molecular flexibility index (Phi) is 7.36. The first-order valence-electron chi connectivity index (χ1n) is 14.8. The molecule has 1 fully saturated rings. The molecule has 1 amide bonds. The van der Waals surface area contributed by atoms with Gasteiger partial charge in [0.2, 0.25) is 5.91 Å². The standard InChI is InChI=1S/C36H31N3O4S/c1-43-27-12-8-11-24(20-27)28-15-13-25-19-26(14-16-29(25)37-28)34-33(23-9-4-2-5-10-23)35-30(21-31(44-35)36(41)42)39(34)22-32(40)38-17-6-3-7-18-38/h2,4-5,8-16,19-21H,3,6-7,17-18,22H2,1H3,(H,41,42). The number of carbonyl (C=O) groups is 2. The Morgan fingerprint density at radius 3 is 2.43 bits per heavy atom. The molecule has 0 bridgehead atoms. The van der Waals surface area contributed by atoms with E-state index < -0.39 is 5.97 Å². The summed E-state index contributed by atoms with van der Waals surface area (Å²) in [6.07, 6.45) is 3.15. The summed E-state index contributed by atoms with van der Waals surface area (Å²) in [6.45, 7) is 1.65. The minimum absolute atomic E-state index is 0.0518. The molecule has 220 valence electrons. The number of carboxylic acid groups (broad SMARTS) is 1. The first-order valence-corrected chi connectivity index (χ1v) is 15.6. The normalized spacial score (nSPS) is 13.4. The average Bonchev–Trinajstić information content (AvgIpc) is 3.63. The zero-order valence-corrected chi connectivity index (χ0v) is 25.1. The quantitative estimate of drug-likeness (QED) is 0.201. The van der Waals surface area contributed by atoms with Crippen LogP contribution in [0.4, 0.5) is 0 Å². The highest BCUT2D eigenvalue weighted by atomic mass is 32.1. The van der Waals surface area contributed by atoms with Crippen LogP contribution in [0.1, 0.15) is 28.9 Å². The SMILES string of the molecule is COc1cccc(-c2ccc3cc(-c4c(-c5ccccc5)c5sc(C(=O)O)cc5n4CC(=O)N4CCCCC4)ccc3n2)c1. The van der Waals surface area contributed by atoms with Crippen molar-refractivity contribution in [2.75, 3.05) is 20.2 Å². The third-order valence-corrected chi connectivity index (χ3v) is 9.47. The number of aromatic carboxylic acids is 1. The van der Waals surface area contributed by atoms with Crippen molar-refractivity contribution in [2.45, 2.75) is 25.8 Å². The van der Waals surface area contributed by atoms with E-state index in [1.165, 1.54) is 11.3 Å². The van der Waals surface area contributed by atoms with E-state index in [1.54, 1.807) is 13.2 Å². The van der Waals surface area contributed by atoms with Crippen molar-refractivity contribution in [2.24, 2.45) is 0 Å². The summed E-state index contributed by atoms with van der Waals surface area (Å²) in [5.74, 6) is -0.140. The number of nitrogens with zero attached hydrogens (tertiary/aromatic N) is 3. The number of methoxy groups -OCH3 is 1. The molecule has 0 saturated carbocycles. The number of hydrogen-bond acceptors (Lipinski definition) is 5. The van der Waals surface area contributed by atoms with Crippen molar-refractivity contribution >= 4 is 44.3 Å². The second-order valence-corrected chi connectivity index (χ2v) is 12.1. The van der Waals surface area contributed by atoms with Crippen molar-refractivity contribution in [1.82, 2.24) is 14.5 Å². The highest BCUT2D eigenvalue weighted by Crippen LogP contribution is 2.45. The fourth-order valence-corrected chi connectivity index (χ4v) is 7.23. The van der Waals surface area contributed by atoms with Gasteiger partial charge in [0.05, 0.1) is 34.2 Å². The minimum Gasteiger partial charge on any atom is -0.497 e. The number of hydrogen-bond donors (Lipinski definition) is 1. The Morgan fingerprint density at radius 1 is 0.864 bits per heavy atom. The maximum atomic E-state index is 13.7. The minimum atomic E-state index is -0.968. The number of benzene rings is 3. The van der Waals surface area contributed by atoms with Crippen LogP contribution in [0.15, 0.2) is 91.0 Å². The number of thiophene rings is 1. The zero-order valence-electron chi connectivity index (χ0n) is 24.3. The van der Waals surface area contributed by atoms with Gasteiger partial charge in [0.1, 0.15) is 17.2 Å². The molecule has 0 unspecified atom stereocenters. The second-order valence-electron chi connectivity index (χ2n) is 11.1. The zero-order chi connectivity index (χ0) is 30.2. The van der Waals surface area contributed by atoms with Gasteiger partial charge in [-0.2, -0.15) is 0 Å². The molecular formula is C36H31N3O4S. The van der Waals surface area contributed by atoms with Crippen LogP contribution in [0.3, 0.4) is 0 Å². The van der Waals surface area contributed by atoms with Gasteiger partial charge in [0.15, 0.2) is 0 Å². The molecule has 3 aromatic heterocycles. The van der Waals surface area contributed by atoms with Crippen LogP contribution in [0.2, 0.25) is 0 Å². The number of ether oxygens (including phenoxy) is 1. The number of likely N-dealkylation sites (tertiary alicyclic amines) is 1. The fourth-order valence-electron chi connectivity index (χ4n) is 6.16. The monoisotopic (exact) mass is 601 g/mol. The van der Waals surface area contributed by atoms with Crippen molar-refractivity contribution in [3.8, 4) is 39.4 Å². The molecule has 1 aliphatic heterocycles. The summed E-state index contributed by atoms with van der Waals surface area (Å²) in [5, 5.41) is 10.9. The summed E-state index contributed by atoms with van der Waals surface area (Å²) in [5.41, 5.74) is 7.20. The molecule has 3 aromatic carbocycles. The van der Waals surface area contributed by atoms with Gasteiger partial charge < -0.3 is 19.3 Å². The molecule has 0 radical (unpaired) electrons. The molecule has 0 spiro atoms. The lowest BCUT2D eigenvalue weighted by molar-refractivity contribution is -0.132. The van der Waals surface area contributed by atoms with Gasteiger partial charge in [-0.05, 0) is 66.8 Å². The number of piperidine rings is 1. The maximum absolute atomic E-state index is 13.7. The number of amides is 1. The highest BCUT2D eigenvalue weighted by molar-refractivity contribution is 7.21. The lowest BCUT2D eigenvalue weighted by Gasteiger charge is -2.27. The van der Waals surface area contributed by atoms with E-state index in [9.17, 15) is 14.7 Å². The Labute approximate surface area is 259 Å². The topological polar surface area (TPSA) is 84.7 Å². The molecule has 8 heteroatoms. The maximum Gasteiger partial charge on any atom is 0.345 e. The summed E-state index contributed by atoms with van der Waals surface area (Å²) in [4.78, 5) is 32.9. The first kappa shape index (κ1) is 27.9. The summed E-state index contributed by atoms with van der Waals surface area (Å²) >= 11 is 1.26. The van der Waals surface area contributed by atoms with Gasteiger partial charge in [-0.15, -0.1) is 11.3 Å². The summed E-state index contributed by atoms with van der Waals surface area (Å²) < 4.78 is 8.29. The molecule has 7 rings (SSSR count). The van der Waals surface area contributed by atoms with Crippen molar-refractivity contribution in [3.05, 3.63) is 95.9 Å². The van der Waals surface area contributed by atoms with Crippen LogP contribution in [0, 0.1) is 0 Å². The Balaban J connectivity index is 1.40. The van der Waals surface area contributed by atoms with Crippen LogP contribution in [0.5, 0.6) is 5.75 Å². The van der Waals surface area contributed by atoms with Crippen LogP contribution in [0.25, 0.3) is 54.8 Å². The molecule has 4 heterocycles. The van der Waals surface area contributed by atoms with E-state index in [2.05, 4.69) is 18.2 Å². The average molecular weight is 602 g/mol. The van der Waals surface area contributed by atoms with Crippen LogP contribution in [-0.4, -0.2) is 51.6 Å². The van der Waals surface area contributed by atoms with E-state index >= 15 is 0 Å². The molecule has 0 aliphatic carbocycles. The lowest BCUT2D eigenvalue weighted by atomic mass is 9.99. The third-order valence-electron chi connectivity index (χ3n) is 8.34. The number of carboxylic acids is 1. The Morgan fingerprint density at radius 2 is 1.66 bits per heavy atom. The van der Waals surface area contributed by atoms with Gasteiger partial charge in [0, 0.05) is 29.6 Å². The predicted octanol–water partition coefficient (Wildman–Crippen LogP) is 7.97. The van der Waals surface area contributed by atoms with Crippen LogP contribution in [-0.2, 0) is 11.3 Å². The van der Waals surface area contributed by atoms with Gasteiger partial charge >= 0.3 is 5.97 Å². The summed E-state index contributed by atoms with van der Waals surface area (Å²) in [7, 11) is 1.65. The summed E-state index contributed by atoms with van der Waals surface area (Å²) in [6, 6.07) is 29.8. The predicted molar refractivity (Wildman–Crippen MR) is 175 cm³/mol. The van der Waals surface area contributed by atoms with E-state index in [-0.39, 0.29) is 17.3 Å². The smallest absolute Gasteiger partial charge is 0.345 e. The largest absolute Gasteiger partial charge is 0.497 e. The van der Waals surface area contributed by atoms with Gasteiger partial charge in [0.25, 0.3) is 0 Å². The number of carbonyl (C=O) groups excluding carboxylic acids is 1.